The number of phenols is 1. The third kappa shape index (κ3) is 8.16. The number of aromatic hydroxyl groups is 1. The zero-order valence-electron chi connectivity index (χ0n) is 24.1. The molecule has 9 heteroatoms. The number of thiazole rings is 1. The summed E-state index contributed by atoms with van der Waals surface area (Å²) in [7, 11) is 0. The van der Waals surface area contributed by atoms with Gasteiger partial charge in [0, 0.05) is 6.54 Å². The molecule has 0 spiro atoms. The van der Waals surface area contributed by atoms with E-state index in [4.69, 9.17) is 10.5 Å². The van der Waals surface area contributed by atoms with Crippen molar-refractivity contribution >= 4 is 38.2 Å². The first-order valence-corrected chi connectivity index (χ1v) is 15.3. The van der Waals surface area contributed by atoms with Gasteiger partial charge in [0.05, 0.1) is 23.3 Å². The number of aromatic amines is 1. The van der Waals surface area contributed by atoms with Crippen molar-refractivity contribution in [2.24, 2.45) is 5.73 Å². The number of H-pyrrole nitrogens is 1. The number of hydrogen-bond acceptors (Lipinski definition) is 7. The van der Waals surface area contributed by atoms with Crippen molar-refractivity contribution in [2.45, 2.75) is 51.6 Å². The smallest absolute Gasteiger partial charge is 0.305 e. The highest BCUT2D eigenvalue weighted by molar-refractivity contribution is 7.16. The van der Waals surface area contributed by atoms with E-state index in [1.54, 1.807) is 6.07 Å². The van der Waals surface area contributed by atoms with Crippen LogP contribution in [0.2, 0.25) is 0 Å². The Balaban J connectivity index is 1.42. The Labute approximate surface area is 245 Å². The minimum atomic E-state index is -0.669. The average Bonchev–Trinajstić information content (AvgIpc) is 3.37. The summed E-state index contributed by atoms with van der Waals surface area (Å²) in [6.45, 7) is 8.82. The first kappa shape index (κ1) is 30.7. The number of carbonyl (C=O) groups is 1. The number of amides is 1. The quantitative estimate of drug-likeness (QED) is 0.136. The number of primary amides is 1. The summed E-state index contributed by atoms with van der Waals surface area (Å²) in [4.78, 5) is 29.0. The van der Waals surface area contributed by atoms with Gasteiger partial charge in [0.15, 0.2) is 0 Å². The Hall–Kier alpha value is -3.24. The average molecular weight is 579 g/mol. The summed E-state index contributed by atoms with van der Waals surface area (Å²) in [6, 6.07) is 18.2. The van der Waals surface area contributed by atoms with Crippen molar-refractivity contribution in [3.63, 3.8) is 0 Å². The second kappa shape index (κ2) is 14.6. The third-order valence-electron chi connectivity index (χ3n) is 7.90. The summed E-state index contributed by atoms with van der Waals surface area (Å²) in [5, 5.41) is 16.0. The van der Waals surface area contributed by atoms with Crippen molar-refractivity contribution in [3.8, 4) is 5.75 Å². The lowest BCUT2D eigenvalue weighted by molar-refractivity contribution is -0.128. The minimum absolute atomic E-state index is 0.0835. The number of nitrogens with zero attached hydrogens (tertiary/aromatic N) is 1. The first-order chi connectivity index (χ1) is 19.8. The van der Waals surface area contributed by atoms with Gasteiger partial charge in [-0.25, -0.2) is 0 Å². The normalized spacial score (nSPS) is 13.2. The van der Waals surface area contributed by atoms with Gasteiger partial charge in [0.2, 0.25) is 5.91 Å². The van der Waals surface area contributed by atoms with E-state index >= 15 is 0 Å². The number of carbonyl (C=O) groups excluding carboxylic acids is 1. The number of rotatable bonds is 17. The highest BCUT2D eigenvalue weighted by Crippen LogP contribution is 2.29. The lowest BCUT2D eigenvalue weighted by Crippen LogP contribution is -2.43. The maximum absolute atomic E-state index is 12.3. The molecule has 1 atom stereocenters. The molecule has 0 bridgehead atoms. The Kier molecular flexibility index (Phi) is 10.9. The SMILES string of the molecule is CCN(CC)CCC(CCNCCc1ccc(O)c2[nH]c(=O)sc12)(CC(N)=O)OCCc1cccc2ccccc12. The van der Waals surface area contributed by atoms with Gasteiger partial charge in [0.1, 0.15) is 11.3 Å². The van der Waals surface area contributed by atoms with E-state index in [9.17, 15) is 14.7 Å². The molecule has 1 heterocycles. The second-order valence-electron chi connectivity index (χ2n) is 10.6. The molecule has 0 saturated carbocycles. The molecule has 1 amide bonds. The van der Waals surface area contributed by atoms with Crippen LogP contribution in [0.1, 0.15) is 44.2 Å². The molecule has 1 aromatic heterocycles. The number of hydrogen-bond donors (Lipinski definition) is 4. The molecule has 8 nitrogen and oxygen atoms in total. The molecule has 0 fully saturated rings. The predicted octanol–water partition coefficient (Wildman–Crippen LogP) is 4.58. The Bertz CT molecular complexity index is 1490. The molecular formula is C32H42N4O4S. The summed E-state index contributed by atoms with van der Waals surface area (Å²) in [5.41, 5.74) is 7.84. The van der Waals surface area contributed by atoms with Crippen LogP contribution in [-0.2, 0) is 22.4 Å². The van der Waals surface area contributed by atoms with Gasteiger partial charge in [-0.2, -0.15) is 0 Å². The lowest BCUT2D eigenvalue weighted by atomic mass is 9.90. The molecular weight excluding hydrogens is 536 g/mol. The number of fused-ring (bicyclic) bond motifs is 2. The largest absolute Gasteiger partial charge is 0.506 e. The molecule has 0 saturated heterocycles. The molecule has 0 aliphatic rings. The maximum Gasteiger partial charge on any atom is 0.305 e. The summed E-state index contributed by atoms with van der Waals surface area (Å²) in [6.07, 6.45) is 2.98. The number of ether oxygens (including phenoxy) is 1. The predicted molar refractivity (Wildman–Crippen MR) is 168 cm³/mol. The van der Waals surface area contributed by atoms with Crippen molar-refractivity contribution in [1.82, 2.24) is 15.2 Å². The van der Waals surface area contributed by atoms with E-state index in [-0.39, 0.29) is 23.0 Å². The summed E-state index contributed by atoms with van der Waals surface area (Å²) < 4.78 is 7.43. The summed E-state index contributed by atoms with van der Waals surface area (Å²) in [5.74, 6) is -0.274. The zero-order chi connectivity index (χ0) is 29.2. The highest BCUT2D eigenvalue weighted by Gasteiger charge is 2.33. The molecule has 4 aromatic rings. The summed E-state index contributed by atoms with van der Waals surface area (Å²) >= 11 is 1.11. The minimum Gasteiger partial charge on any atom is -0.506 e. The topological polar surface area (TPSA) is 121 Å². The monoisotopic (exact) mass is 578 g/mol. The number of phenolic OH excluding ortho intramolecular Hbond substituents is 1. The van der Waals surface area contributed by atoms with E-state index in [1.807, 2.05) is 12.1 Å². The van der Waals surface area contributed by atoms with Crippen LogP contribution in [0.5, 0.6) is 5.75 Å². The lowest BCUT2D eigenvalue weighted by Gasteiger charge is -2.35. The van der Waals surface area contributed by atoms with Crippen LogP contribution < -0.4 is 15.9 Å². The molecule has 5 N–H and O–H groups in total. The number of nitrogens with two attached hydrogens (primary N) is 1. The van der Waals surface area contributed by atoms with Crippen molar-refractivity contribution < 1.29 is 14.6 Å². The fourth-order valence-corrected chi connectivity index (χ4v) is 6.44. The molecule has 3 aromatic carbocycles. The first-order valence-electron chi connectivity index (χ1n) is 14.5. The van der Waals surface area contributed by atoms with Crippen LogP contribution in [-0.4, -0.2) is 65.8 Å². The third-order valence-corrected chi connectivity index (χ3v) is 8.86. The Morgan fingerprint density at radius 3 is 2.59 bits per heavy atom. The molecule has 0 radical (unpaired) electrons. The number of benzene rings is 3. The van der Waals surface area contributed by atoms with Gasteiger partial charge in [-0.1, -0.05) is 73.7 Å². The van der Waals surface area contributed by atoms with Crippen molar-refractivity contribution in [1.29, 1.82) is 0 Å². The van der Waals surface area contributed by atoms with Crippen molar-refractivity contribution in [2.75, 3.05) is 39.3 Å². The fraction of sp³-hybridized carbons (Fsp3) is 0.438. The zero-order valence-corrected chi connectivity index (χ0v) is 24.9. The number of aromatic nitrogens is 1. The van der Waals surface area contributed by atoms with E-state index < -0.39 is 5.60 Å². The molecule has 0 aliphatic heterocycles. The molecule has 4 rings (SSSR count). The van der Waals surface area contributed by atoms with Crippen LogP contribution in [0.25, 0.3) is 21.0 Å². The molecule has 220 valence electrons. The van der Waals surface area contributed by atoms with Gasteiger partial charge in [0.25, 0.3) is 0 Å². The van der Waals surface area contributed by atoms with Crippen molar-refractivity contribution in [3.05, 3.63) is 75.4 Å². The van der Waals surface area contributed by atoms with Gasteiger partial charge >= 0.3 is 4.87 Å². The number of nitrogens with one attached hydrogen (secondary N) is 2. The Morgan fingerprint density at radius 2 is 1.80 bits per heavy atom. The van der Waals surface area contributed by atoms with Gasteiger partial charge in [-0.05, 0) is 79.8 Å². The van der Waals surface area contributed by atoms with E-state index in [0.717, 1.165) is 47.7 Å². The van der Waals surface area contributed by atoms with Crippen LogP contribution in [0.4, 0.5) is 0 Å². The Morgan fingerprint density at radius 1 is 1.02 bits per heavy atom. The van der Waals surface area contributed by atoms with Gasteiger partial charge < -0.3 is 30.8 Å². The van der Waals surface area contributed by atoms with Crippen LogP contribution in [0.3, 0.4) is 0 Å². The van der Waals surface area contributed by atoms with E-state index in [1.165, 1.54) is 16.3 Å². The van der Waals surface area contributed by atoms with Crippen LogP contribution in [0, 0.1) is 0 Å². The highest BCUT2D eigenvalue weighted by atomic mass is 32.1. The van der Waals surface area contributed by atoms with Crippen LogP contribution >= 0.6 is 11.3 Å². The molecule has 0 aliphatic carbocycles. The van der Waals surface area contributed by atoms with Gasteiger partial charge in [-0.3, -0.25) is 9.59 Å². The maximum atomic E-state index is 12.3. The molecule has 1 unspecified atom stereocenters. The van der Waals surface area contributed by atoms with Gasteiger partial charge in [-0.15, -0.1) is 0 Å². The van der Waals surface area contributed by atoms with E-state index in [2.05, 4.69) is 65.4 Å². The van der Waals surface area contributed by atoms with E-state index in [0.29, 0.717) is 44.5 Å². The van der Waals surface area contributed by atoms with Crippen LogP contribution in [0.15, 0.2) is 59.4 Å². The second-order valence-corrected chi connectivity index (χ2v) is 11.5. The molecule has 41 heavy (non-hydrogen) atoms. The standard InChI is InChI=1S/C32H42N4O4S/c1-3-36(4-2)20-17-32(22-28(33)38,40-21-15-24-10-7-9-23-8-5-6-11-26(23)24)16-19-34-18-14-25-12-13-27(37)29-30(25)41-31(39)35-29/h5-13,34,37H,3-4,14-22H2,1-2H3,(H2,33,38)(H,35,39). The fourth-order valence-electron chi connectivity index (χ4n) is 5.54.